The van der Waals surface area contributed by atoms with Crippen LogP contribution in [0, 0.1) is 0 Å². The van der Waals surface area contributed by atoms with E-state index in [0.717, 1.165) is 77.5 Å². The van der Waals surface area contributed by atoms with Crippen LogP contribution in [0.1, 0.15) is 22.9 Å². The minimum Gasteiger partial charge on any atom is -0.455 e. The van der Waals surface area contributed by atoms with E-state index in [1.165, 1.54) is 20.2 Å². The molecule has 0 fully saturated rings. The molecule has 10 aromatic rings. The van der Waals surface area contributed by atoms with E-state index in [2.05, 4.69) is 121 Å². The number of aliphatic imine (C=N–C) groups is 2. The molecule has 0 radical (unpaired) electrons. The van der Waals surface area contributed by atoms with Gasteiger partial charge in [-0.1, -0.05) is 121 Å². The summed E-state index contributed by atoms with van der Waals surface area (Å²) in [6, 6.07) is 52.6. The average Bonchev–Trinajstić information content (AvgIpc) is 3.89. The average molecular weight is 674 g/mol. The summed E-state index contributed by atoms with van der Waals surface area (Å²) in [6.45, 7) is 0. The molecule has 0 amide bonds. The Morgan fingerprint density at radius 3 is 1.90 bits per heavy atom. The first kappa shape index (κ1) is 28.3. The van der Waals surface area contributed by atoms with Crippen molar-refractivity contribution in [3.63, 3.8) is 0 Å². The van der Waals surface area contributed by atoms with Crippen molar-refractivity contribution in [2.45, 2.75) is 6.17 Å². The van der Waals surface area contributed by atoms with Gasteiger partial charge in [0.15, 0.2) is 5.84 Å². The molecule has 4 heterocycles. The maximum absolute atomic E-state index is 6.91. The zero-order valence-corrected chi connectivity index (χ0v) is 27.9. The van der Waals surface area contributed by atoms with Gasteiger partial charge in [0.2, 0.25) is 0 Å². The maximum Gasteiger partial charge on any atom is 0.163 e. The Morgan fingerprint density at radius 1 is 0.490 bits per heavy atom. The predicted octanol–water partition coefficient (Wildman–Crippen LogP) is 12.0. The van der Waals surface area contributed by atoms with Gasteiger partial charge in [-0.2, -0.15) is 0 Å². The monoisotopic (exact) mass is 673 g/mol. The molecule has 6 heteroatoms. The van der Waals surface area contributed by atoms with Gasteiger partial charge < -0.3 is 14.2 Å². The number of hydrogen-bond acceptors (Lipinski definition) is 6. The molecule has 5 nitrogen and oxygen atoms in total. The standard InChI is InChI=1S/C45H27N3O2S/c1-2-11-26(12-3-1)43-46-44(27-23-24-39-36(25-27)29-14-5-7-22-38(29)51-39)48-45(47-43)35-20-10-19-34-33-18-9-17-32(41(33)50-42(34)35)31-16-8-15-30-28-13-4-6-21-37(28)49-40(30)31/h1-25,44H,(H,46,47,48). The van der Waals surface area contributed by atoms with Gasteiger partial charge in [-0.15, -0.1) is 11.3 Å². The van der Waals surface area contributed by atoms with Crippen molar-refractivity contribution < 1.29 is 8.83 Å². The summed E-state index contributed by atoms with van der Waals surface area (Å²) in [5.41, 5.74) is 8.18. The Balaban J connectivity index is 1.10. The molecule has 11 rings (SSSR count). The molecule has 51 heavy (non-hydrogen) atoms. The van der Waals surface area contributed by atoms with Crippen LogP contribution in [0.3, 0.4) is 0 Å². The lowest BCUT2D eigenvalue weighted by Gasteiger charge is -2.23. The van der Waals surface area contributed by atoms with Crippen LogP contribution in [-0.2, 0) is 0 Å². The van der Waals surface area contributed by atoms with Crippen LogP contribution in [0.25, 0.3) is 75.2 Å². The summed E-state index contributed by atoms with van der Waals surface area (Å²) in [5.74, 6) is 1.39. The summed E-state index contributed by atoms with van der Waals surface area (Å²) < 4.78 is 15.9. The number of fused-ring (bicyclic) bond motifs is 9. The Morgan fingerprint density at radius 2 is 1.10 bits per heavy atom. The predicted molar refractivity (Wildman–Crippen MR) is 211 cm³/mol. The molecule has 3 aromatic heterocycles. The first-order valence-corrected chi connectivity index (χ1v) is 17.8. The van der Waals surface area contributed by atoms with Crippen LogP contribution in [0.4, 0.5) is 0 Å². The molecule has 1 unspecified atom stereocenters. The van der Waals surface area contributed by atoms with Gasteiger partial charge in [0.25, 0.3) is 0 Å². The van der Waals surface area contributed by atoms with Crippen LogP contribution in [0.5, 0.6) is 0 Å². The Labute approximate surface area is 295 Å². The van der Waals surface area contributed by atoms with E-state index in [0.29, 0.717) is 5.84 Å². The van der Waals surface area contributed by atoms with Crippen molar-refractivity contribution in [3.8, 4) is 11.1 Å². The highest BCUT2D eigenvalue weighted by molar-refractivity contribution is 7.25. The first-order chi connectivity index (χ1) is 25.3. The van der Waals surface area contributed by atoms with Crippen LogP contribution in [0.2, 0.25) is 0 Å². The molecule has 0 saturated carbocycles. The lowest BCUT2D eigenvalue weighted by atomic mass is 9.99. The normalized spacial score (nSPS) is 14.9. The third-order valence-electron chi connectivity index (χ3n) is 9.97. The zero-order chi connectivity index (χ0) is 33.5. The van der Waals surface area contributed by atoms with Crippen LogP contribution < -0.4 is 5.32 Å². The van der Waals surface area contributed by atoms with Crippen LogP contribution >= 0.6 is 11.3 Å². The number of rotatable bonds is 4. The fraction of sp³-hybridized carbons (Fsp3) is 0.0222. The number of thiophene rings is 1. The quantitative estimate of drug-likeness (QED) is 0.202. The van der Waals surface area contributed by atoms with Crippen molar-refractivity contribution in [1.82, 2.24) is 5.32 Å². The van der Waals surface area contributed by atoms with Gasteiger partial charge >= 0.3 is 0 Å². The molecule has 240 valence electrons. The Hall–Kier alpha value is -6.50. The van der Waals surface area contributed by atoms with E-state index in [9.17, 15) is 0 Å². The topological polar surface area (TPSA) is 63.0 Å². The minimum absolute atomic E-state index is 0.350. The first-order valence-electron chi connectivity index (χ1n) is 17.0. The van der Waals surface area contributed by atoms with E-state index < -0.39 is 0 Å². The lowest BCUT2D eigenvalue weighted by Crippen LogP contribution is -2.33. The number of para-hydroxylation sites is 4. The molecule has 1 aliphatic rings. The van der Waals surface area contributed by atoms with Crippen molar-refractivity contribution >= 4 is 87.1 Å². The molecular formula is C45H27N3O2S. The number of amidine groups is 2. The fourth-order valence-corrected chi connectivity index (χ4v) is 8.65. The largest absolute Gasteiger partial charge is 0.455 e. The number of furan rings is 2. The van der Waals surface area contributed by atoms with Gasteiger partial charge in [-0.25, -0.2) is 9.98 Å². The summed E-state index contributed by atoms with van der Waals surface area (Å²) in [7, 11) is 0. The third kappa shape index (κ3) is 4.40. The van der Waals surface area contributed by atoms with Crippen LogP contribution in [-0.4, -0.2) is 11.7 Å². The van der Waals surface area contributed by atoms with E-state index in [-0.39, 0.29) is 6.17 Å². The molecular weight excluding hydrogens is 647 g/mol. The molecule has 1 aliphatic heterocycles. The molecule has 0 saturated heterocycles. The van der Waals surface area contributed by atoms with E-state index in [1.54, 1.807) is 0 Å². The van der Waals surface area contributed by atoms with Gasteiger partial charge in [0.05, 0.1) is 5.56 Å². The summed E-state index contributed by atoms with van der Waals surface area (Å²) >= 11 is 1.82. The van der Waals surface area contributed by atoms with Gasteiger partial charge in [0.1, 0.15) is 34.3 Å². The Kier molecular flexibility index (Phi) is 6.12. The molecule has 0 spiro atoms. The smallest absolute Gasteiger partial charge is 0.163 e. The van der Waals surface area contributed by atoms with Gasteiger partial charge in [-0.05, 0) is 35.9 Å². The second-order valence-electron chi connectivity index (χ2n) is 12.9. The fourth-order valence-electron chi connectivity index (χ4n) is 7.56. The van der Waals surface area contributed by atoms with Crippen molar-refractivity contribution in [1.29, 1.82) is 0 Å². The number of hydrogen-bond donors (Lipinski definition) is 1. The van der Waals surface area contributed by atoms with Gasteiger partial charge in [-0.3, -0.25) is 0 Å². The molecule has 0 bridgehead atoms. The van der Waals surface area contributed by atoms with E-state index in [1.807, 2.05) is 47.7 Å². The number of nitrogens with one attached hydrogen (secondary N) is 1. The molecule has 0 aliphatic carbocycles. The highest BCUT2D eigenvalue weighted by atomic mass is 32.1. The van der Waals surface area contributed by atoms with E-state index in [4.69, 9.17) is 18.8 Å². The van der Waals surface area contributed by atoms with Crippen LogP contribution in [0.15, 0.2) is 170 Å². The maximum atomic E-state index is 6.91. The third-order valence-corrected chi connectivity index (χ3v) is 11.1. The summed E-state index contributed by atoms with van der Waals surface area (Å²) in [5, 5.41) is 10.4. The Bertz CT molecular complexity index is 3070. The summed E-state index contributed by atoms with van der Waals surface area (Å²) in [4.78, 5) is 10.4. The zero-order valence-electron chi connectivity index (χ0n) is 27.1. The second kappa shape index (κ2) is 11.0. The van der Waals surface area contributed by atoms with Gasteiger partial charge in [0, 0.05) is 58.4 Å². The number of benzene rings is 7. The minimum atomic E-state index is -0.350. The molecule has 7 aromatic carbocycles. The lowest BCUT2D eigenvalue weighted by molar-refractivity contribution is 0.662. The molecule has 1 atom stereocenters. The summed E-state index contributed by atoms with van der Waals surface area (Å²) in [6.07, 6.45) is -0.350. The number of nitrogens with zero attached hydrogens (tertiary/aromatic N) is 2. The van der Waals surface area contributed by atoms with E-state index >= 15 is 0 Å². The molecule has 1 N–H and O–H groups in total. The van der Waals surface area contributed by atoms with Crippen molar-refractivity contribution in [3.05, 3.63) is 168 Å². The second-order valence-corrected chi connectivity index (χ2v) is 14.0. The van der Waals surface area contributed by atoms with Crippen molar-refractivity contribution in [2.75, 3.05) is 0 Å². The highest BCUT2D eigenvalue weighted by Gasteiger charge is 2.25. The SMILES string of the molecule is c1ccc(C2=NC(c3cccc4c3oc3c(-c5cccc6c5oc5ccccc56)cccc34)=NC(c3ccc4sc5ccccc5c4c3)N2)cc1. The van der Waals surface area contributed by atoms with Crippen molar-refractivity contribution in [2.24, 2.45) is 9.98 Å². The highest BCUT2D eigenvalue weighted by Crippen LogP contribution is 2.42.